The molecule has 0 saturated heterocycles. The highest BCUT2D eigenvalue weighted by Crippen LogP contribution is 2.32. The highest BCUT2D eigenvalue weighted by molar-refractivity contribution is 5.94. The Labute approximate surface area is 165 Å². The molecular weight excluding hydrogens is 383 g/mol. The molecule has 1 amide bonds. The van der Waals surface area contributed by atoms with Crippen LogP contribution in [0.5, 0.6) is 0 Å². The van der Waals surface area contributed by atoms with Crippen LogP contribution in [0.3, 0.4) is 0 Å². The molecule has 1 N–H and O–H groups in total. The molecule has 0 bridgehead atoms. The summed E-state index contributed by atoms with van der Waals surface area (Å²) in [5.41, 5.74) is -0.122. The number of carbonyl (C=O) groups is 1. The van der Waals surface area contributed by atoms with E-state index in [4.69, 9.17) is 4.52 Å². The molecule has 0 aliphatic heterocycles. The zero-order chi connectivity index (χ0) is 21.0. The van der Waals surface area contributed by atoms with Crippen LogP contribution in [0.1, 0.15) is 48.1 Å². The minimum absolute atomic E-state index is 0.0301. The second kappa shape index (κ2) is 8.46. The molecule has 29 heavy (non-hydrogen) atoms. The zero-order valence-corrected chi connectivity index (χ0v) is 15.9. The van der Waals surface area contributed by atoms with Gasteiger partial charge in [0.05, 0.1) is 5.56 Å². The van der Waals surface area contributed by atoms with Gasteiger partial charge < -0.3 is 9.84 Å². The Morgan fingerprint density at radius 3 is 2.52 bits per heavy atom. The van der Waals surface area contributed by atoms with Crippen LogP contribution in [0.4, 0.5) is 13.2 Å². The van der Waals surface area contributed by atoms with E-state index in [2.05, 4.69) is 15.5 Å². The van der Waals surface area contributed by atoms with Crippen LogP contribution in [0.2, 0.25) is 0 Å². The van der Waals surface area contributed by atoms with Gasteiger partial charge in [-0.3, -0.25) is 4.79 Å². The number of nitrogens with one attached hydrogen (secondary N) is 1. The van der Waals surface area contributed by atoms with E-state index in [1.54, 1.807) is 24.3 Å². The van der Waals surface area contributed by atoms with Crippen molar-refractivity contribution < 1.29 is 22.5 Å². The molecular formula is C21H20F3N3O2. The van der Waals surface area contributed by atoms with Crippen molar-refractivity contribution >= 4 is 5.91 Å². The third kappa shape index (κ3) is 4.82. The van der Waals surface area contributed by atoms with Gasteiger partial charge in [-0.05, 0) is 30.2 Å². The second-order valence-corrected chi connectivity index (χ2v) is 6.74. The summed E-state index contributed by atoms with van der Waals surface area (Å²) < 4.78 is 44.2. The number of hydrogen-bond donors (Lipinski definition) is 1. The lowest BCUT2D eigenvalue weighted by Gasteiger charge is -2.20. The van der Waals surface area contributed by atoms with Gasteiger partial charge in [0.25, 0.3) is 5.91 Å². The summed E-state index contributed by atoms with van der Waals surface area (Å²) in [5, 5.41) is 6.71. The molecule has 8 heteroatoms. The zero-order valence-electron chi connectivity index (χ0n) is 15.9. The Kier molecular flexibility index (Phi) is 6.00. The molecule has 5 nitrogen and oxygen atoms in total. The van der Waals surface area contributed by atoms with Crippen molar-refractivity contribution in [2.24, 2.45) is 5.92 Å². The lowest BCUT2D eigenvalue weighted by molar-refractivity contribution is -0.137. The van der Waals surface area contributed by atoms with Gasteiger partial charge in [-0.15, -0.1) is 0 Å². The summed E-state index contributed by atoms with van der Waals surface area (Å²) in [6.07, 6.45) is -3.74. The maximum Gasteiger partial charge on any atom is 0.416 e. The predicted octanol–water partition coefficient (Wildman–Crippen LogP) is 5.27. The first-order chi connectivity index (χ1) is 13.8. The maximum absolute atomic E-state index is 13.0. The van der Waals surface area contributed by atoms with Crippen molar-refractivity contribution in [2.45, 2.75) is 32.5 Å². The molecule has 1 heterocycles. The molecule has 0 spiro atoms. The average molecular weight is 403 g/mol. The number of halogens is 3. The molecule has 0 radical (unpaired) electrons. The SMILES string of the molecule is CCC(C)C(NC(=O)c1ccccc1)c1nc(-c2cccc(C(F)(F)F)c2)no1. The molecule has 0 fully saturated rings. The van der Waals surface area contributed by atoms with E-state index in [1.807, 2.05) is 19.9 Å². The van der Waals surface area contributed by atoms with Gasteiger partial charge in [-0.25, -0.2) is 0 Å². The Morgan fingerprint density at radius 2 is 1.86 bits per heavy atom. The van der Waals surface area contributed by atoms with Crippen LogP contribution >= 0.6 is 0 Å². The summed E-state index contributed by atoms with van der Waals surface area (Å²) in [4.78, 5) is 16.8. The van der Waals surface area contributed by atoms with E-state index in [9.17, 15) is 18.0 Å². The van der Waals surface area contributed by atoms with Crippen molar-refractivity contribution in [2.75, 3.05) is 0 Å². The largest absolute Gasteiger partial charge is 0.416 e. The van der Waals surface area contributed by atoms with Crippen LogP contribution in [0.25, 0.3) is 11.4 Å². The lowest BCUT2D eigenvalue weighted by atomic mass is 9.98. The topological polar surface area (TPSA) is 68.0 Å². The molecule has 0 saturated carbocycles. The van der Waals surface area contributed by atoms with E-state index < -0.39 is 17.8 Å². The number of nitrogens with zero attached hydrogens (tertiary/aromatic N) is 2. The van der Waals surface area contributed by atoms with Crippen molar-refractivity contribution in [1.29, 1.82) is 0 Å². The van der Waals surface area contributed by atoms with Gasteiger partial charge in [0, 0.05) is 11.1 Å². The molecule has 152 valence electrons. The van der Waals surface area contributed by atoms with Gasteiger partial charge in [0.1, 0.15) is 6.04 Å². The summed E-state index contributed by atoms with van der Waals surface area (Å²) >= 11 is 0. The van der Waals surface area contributed by atoms with E-state index in [1.165, 1.54) is 12.1 Å². The maximum atomic E-state index is 13.0. The number of carbonyl (C=O) groups excluding carboxylic acids is 1. The molecule has 2 unspecified atom stereocenters. The van der Waals surface area contributed by atoms with Gasteiger partial charge >= 0.3 is 6.18 Å². The van der Waals surface area contributed by atoms with Crippen molar-refractivity contribution in [3.8, 4) is 11.4 Å². The first-order valence-corrected chi connectivity index (χ1v) is 9.16. The van der Waals surface area contributed by atoms with E-state index in [0.29, 0.717) is 5.56 Å². The van der Waals surface area contributed by atoms with E-state index in [-0.39, 0.29) is 29.1 Å². The minimum Gasteiger partial charge on any atom is -0.340 e. The molecule has 2 atom stereocenters. The molecule has 2 aromatic carbocycles. The monoisotopic (exact) mass is 403 g/mol. The Hall–Kier alpha value is -3.16. The molecule has 1 aromatic heterocycles. The normalized spacial score (nSPS) is 13.7. The Balaban J connectivity index is 1.88. The summed E-state index contributed by atoms with van der Waals surface area (Å²) in [7, 11) is 0. The van der Waals surface area contributed by atoms with Gasteiger partial charge in [0.2, 0.25) is 11.7 Å². The number of hydrogen-bond acceptors (Lipinski definition) is 4. The fourth-order valence-electron chi connectivity index (χ4n) is 2.81. The fourth-order valence-corrected chi connectivity index (χ4v) is 2.81. The van der Waals surface area contributed by atoms with Crippen molar-refractivity contribution in [1.82, 2.24) is 15.5 Å². The van der Waals surface area contributed by atoms with Crippen molar-refractivity contribution in [3.63, 3.8) is 0 Å². The molecule has 0 aliphatic carbocycles. The van der Waals surface area contributed by atoms with Crippen LogP contribution in [-0.4, -0.2) is 16.0 Å². The average Bonchev–Trinajstić information content (AvgIpc) is 3.21. The third-order valence-corrected chi connectivity index (χ3v) is 4.69. The fraction of sp³-hybridized carbons (Fsp3) is 0.286. The van der Waals surface area contributed by atoms with E-state index >= 15 is 0 Å². The highest BCUT2D eigenvalue weighted by atomic mass is 19.4. The number of alkyl halides is 3. The quantitative estimate of drug-likeness (QED) is 0.609. The smallest absolute Gasteiger partial charge is 0.340 e. The molecule has 0 aliphatic rings. The highest BCUT2D eigenvalue weighted by Gasteiger charge is 2.31. The molecule has 3 aromatic rings. The first kappa shape index (κ1) is 20.6. The van der Waals surface area contributed by atoms with Crippen LogP contribution in [-0.2, 0) is 6.18 Å². The number of rotatable bonds is 6. The summed E-state index contributed by atoms with van der Waals surface area (Å²) in [5.74, 6) is -0.142. The van der Waals surface area contributed by atoms with Gasteiger partial charge in [-0.1, -0.05) is 55.8 Å². The minimum atomic E-state index is -4.47. The van der Waals surface area contributed by atoms with Crippen LogP contribution in [0, 0.1) is 5.92 Å². The number of amides is 1. The predicted molar refractivity (Wildman–Crippen MR) is 101 cm³/mol. The molecule has 3 rings (SSSR count). The Bertz CT molecular complexity index is 971. The number of benzene rings is 2. The summed E-state index contributed by atoms with van der Waals surface area (Å²) in [6, 6.07) is 12.8. The number of aromatic nitrogens is 2. The first-order valence-electron chi connectivity index (χ1n) is 9.16. The Morgan fingerprint density at radius 1 is 1.14 bits per heavy atom. The van der Waals surface area contributed by atoms with Crippen LogP contribution in [0.15, 0.2) is 59.1 Å². The second-order valence-electron chi connectivity index (χ2n) is 6.74. The van der Waals surface area contributed by atoms with Gasteiger partial charge in [-0.2, -0.15) is 18.2 Å². The third-order valence-electron chi connectivity index (χ3n) is 4.69. The summed E-state index contributed by atoms with van der Waals surface area (Å²) in [6.45, 7) is 3.88. The van der Waals surface area contributed by atoms with Crippen molar-refractivity contribution in [3.05, 3.63) is 71.6 Å². The standard InChI is InChI=1S/C21H20F3N3O2/c1-3-13(2)17(25-19(28)14-8-5-4-6-9-14)20-26-18(27-29-20)15-10-7-11-16(12-15)21(22,23)24/h4-13,17H,3H2,1-2H3,(H,25,28). The van der Waals surface area contributed by atoms with Gasteiger partial charge in [0.15, 0.2) is 0 Å². The van der Waals surface area contributed by atoms with E-state index in [0.717, 1.165) is 18.6 Å². The lowest BCUT2D eigenvalue weighted by Crippen LogP contribution is -2.32. The van der Waals surface area contributed by atoms with Crippen LogP contribution < -0.4 is 5.32 Å².